The van der Waals surface area contributed by atoms with Gasteiger partial charge in [-0.15, -0.1) is 0 Å². The number of para-hydroxylation sites is 2. The highest BCUT2D eigenvalue weighted by molar-refractivity contribution is 6.36. The Morgan fingerprint density at radius 2 is 2.04 bits per heavy atom. The van der Waals surface area contributed by atoms with Crippen molar-refractivity contribution in [3.05, 3.63) is 46.6 Å². The summed E-state index contributed by atoms with van der Waals surface area (Å²) >= 11 is 11.7. The lowest BCUT2D eigenvalue weighted by atomic mass is 10.2. The summed E-state index contributed by atoms with van der Waals surface area (Å²) in [6.45, 7) is 1.42. The standard InChI is InChI=1S/C17H14Cl2N2O5/c1-9(16(22)21-15-11(19)6-10(18)7-20-15)25-17(23)14-8-24-12-4-2-3-5-13(12)26-14/h2-7,9,14H,8H2,1H3,(H,20,21,22)/t9-,14-/m0/s1. The Bertz CT molecular complexity index is 846. The maximum atomic E-state index is 12.2. The van der Waals surface area contributed by atoms with Crippen molar-refractivity contribution in [2.24, 2.45) is 0 Å². The number of ether oxygens (including phenoxy) is 3. The third-order valence-corrected chi connectivity index (χ3v) is 3.98. The largest absolute Gasteiger partial charge is 0.485 e. The minimum atomic E-state index is -1.09. The molecule has 1 aliphatic rings. The number of carbonyl (C=O) groups excluding carboxylic acids is 2. The molecule has 1 aliphatic heterocycles. The molecule has 2 heterocycles. The van der Waals surface area contributed by atoms with E-state index in [-0.39, 0.29) is 17.4 Å². The fraction of sp³-hybridized carbons (Fsp3) is 0.235. The molecule has 1 amide bonds. The Labute approximate surface area is 159 Å². The molecule has 2 atom stereocenters. The predicted molar refractivity (Wildman–Crippen MR) is 94.8 cm³/mol. The van der Waals surface area contributed by atoms with Gasteiger partial charge in [-0.3, -0.25) is 4.79 Å². The number of rotatable bonds is 4. The van der Waals surface area contributed by atoms with Gasteiger partial charge in [0.05, 0.1) is 10.0 Å². The van der Waals surface area contributed by atoms with E-state index in [2.05, 4.69) is 10.3 Å². The summed E-state index contributed by atoms with van der Waals surface area (Å²) in [6.07, 6.45) is -0.709. The predicted octanol–water partition coefficient (Wildman–Crippen LogP) is 3.10. The molecule has 0 radical (unpaired) electrons. The van der Waals surface area contributed by atoms with Gasteiger partial charge in [0, 0.05) is 6.20 Å². The number of nitrogens with zero attached hydrogens (tertiary/aromatic N) is 1. The molecule has 3 rings (SSSR count). The number of nitrogens with one attached hydrogen (secondary N) is 1. The van der Waals surface area contributed by atoms with E-state index >= 15 is 0 Å². The first-order valence-corrected chi connectivity index (χ1v) is 8.40. The zero-order valence-electron chi connectivity index (χ0n) is 13.6. The van der Waals surface area contributed by atoms with E-state index in [0.29, 0.717) is 16.5 Å². The van der Waals surface area contributed by atoms with E-state index in [4.69, 9.17) is 37.4 Å². The van der Waals surface area contributed by atoms with Crippen LogP contribution >= 0.6 is 23.2 Å². The second kappa shape index (κ2) is 7.80. The number of amides is 1. The summed E-state index contributed by atoms with van der Waals surface area (Å²) in [5.41, 5.74) is 0. The first-order chi connectivity index (χ1) is 12.4. The summed E-state index contributed by atoms with van der Waals surface area (Å²) in [7, 11) is 0. The van der Waals surface area contributed by atoms with Gasteiger partial charge in [-0.05, 0) is 25.1 Å². The number of anilines is 1. The molecule has 26 heavy (non-hydrogen) atoms. The Kier molecular flexibility index (Phi) is 5.49. The highest BCUT2D eigenvalue weighted by Gasteiger charge is 2.31. The van der Waals surface area contributed by atoms with Crippen molar-refractivity contribution >= 4 is 40.9 Å². The molecule has 0 spiro atoms. The van der Waals surface area contributed by atoms with Crippen molar-refractivity contribution in [2.45, 2.75) is 19.1 Å². The van der Waals surface area contributed by atoms with E-state index in [1.54, 1.807) is 24.3 Å². The number of carbonyl (C=O) groups is 2. The molecule has 0 unspecified atom stereocenters. The van der Waals surface area contributed by atoms with Crippen molar-refractivity contribution in [3.63, 3.8) is 0 Å². The molecule has 0 fully saturated rings. The van der Waals surface area contributed by atoms with Gasteiger partial charge in [0.15, 0.2) is 23.4 Å². The summed E-state index contributed by atoms with van der Waals surface area (Å²) in [4.78, 5) is 28.3. The second-order valence-corrected chi connectivity index (χ2v) is 6.26. The van der Waals surface area contributed by atoms with Crippen molar-refractivity contribution in [2.75, 3.05) is 11.9 Å². The summed E-state index contributed by atoms with van der Waals surface area (Å²) in [5.74, 6) is -0.194. The van der Waals surface area contributed by atoms with Crippen LogP contribution in [0.15, 0.2) is 36.5 Å². The zero-order valence-corrected chi connectivity index (χ0v) is 15.1. The van der Waals surface area contributed by atoms with Crippen LogP contribution in [0.5, 0.6) is 11.5 Å². The highest BCUT2D eigenvalue weighted by Crippen LogP contribution is 2.31. The molecule has 1 aromatic heterocycles. The minimum Gasteiger partial charge on any atom is -0.485 e. The quantitative estimate of drug-likeness (QED) is 0.798. The number of halogens is 2. The van der Waals surface area contributed by atoms with Gasteiger partial charge in [0.1, 0.15) is 6.61 Å². The van der Waals surface area contributed by atoms with Crippen LogP contribution in [0.4, 0.5) is 5.82 Å². The maximum absolute atomic E-state index is 12.2. The van der Waals surface area contributed by atoms with Crippen molar-refractivity contribution < 1.29 is 23.8 Å². The Morgan fingerprint density at radius 3 is 2.77 bits per heavy atom. The number of hydrogen-bond acceptors (Lipinski definition) is 6. The fourth-order valence-electron chi connectivity index (χ4n) is 2.16. The number of aromatic nitrogens is 1. The molecule has 0 aliphatic carbocycles. The average Bonchev–Trinajstić information content (AvgIpc) is 2.63. The van der Waals surface area contributed by atoms with Crippen molar-refractivity contribution in [1.82, 2.24) is 4.98 Å². The van der Waals surface area contributed by atoms with Crippen LogP contribution in [0.2, 0.25) is 10.0 Å². The molecule has 1 aromatic carbocycles. The van der Waals surface area contributed by atoms with Gasteiger partial charge in [0.25, 0.3) is 5.91 Å². The molecule has 9 heteroatoms. The normalized spacial score (nSPS) is 16.5. The summed E-state index contributed by atoms with van der Waals surface area (Å²) in [5, 5.41) is 2.98. The van der Waals surface area contributed by atoms with Crippen LogP contribution in [0.1, 0.15) is 6.92 Å². The number of pyridine rings is 1. The zero-order chi connectivity index (χ0) is 18.7. The van der Waals surface area contributed by atoms with Crippen LogP contribution in [0.3, 0.4) is 0 Å². The fourth-order valence-corrected chi connectivity index (χ4v) is 2.59. The third-order valence-electron chi connectivity index (χ3n) is 3.48. The first kappa shape index (κ1) is 18.3. The SMILES string of the molecule is C[C@H](OC(=O)[C@@H]1COc2ccccc2O1)C(=O)Nc1ncc(Cl)cc1Cl. The molecule has 7 nitrogen and oxygen atoms in total. The van der Waals surface area contributed by atoms with Crippen LogP contribution in [0, 0.1) is 0 Å². The second-order valence-electron chi connectivity index (χ2n) is 5.42. The molecule has 0 bridgehead atoms. The third kappa shape index (κ3) is 4.17. The van der Waals surface area contributed by atoms with Crippen LogP contribution in [-0.2, 0) is 14.3 Å². The summed E-state index contributed by atoms with van der Waals surface area (Å²) < 4.78 is 16.2. The molecule has 1 N–H and O–H groups in total. The molecule has 0 saturated heterocycles. The van der Waals surface area contributed by atoms with Gasteiger partial charge >= 0.3 is 5.97 Å². The van der Waals surface area contributed by atoms with Crippen LogP contribution in [0.25, 0.3) is 0 Å². The smallest absolute Gasteiger partial charge is 0.351 e. The van der Waals surface area contributed by atoms with Gasteiger partial charge in [0.2, 0.25) is 6.10 Å². The number of esters is 1. The maximum Gasteiger partial charge on any atom is 0.351 e. The first-order valence-electron chi connectivity index (χ1n) is 7.65. The molecular formula is C17H14Cl2N2O5. The number of hydrogen-bond donors (Lipinski definition) is 1. The van der Waals surface area contributed by atoms with E-state index in [9.17, 15) is 9.59 Å². The Hall–Kier alpha value is -2.51. The average molecular weight is 397 g/mol. The summed E-state index contributed by atoms with van der Waals surface area (Å²) in [6, 6.07) is 8.40. The van der Waals surface area contributed by atoms with E-state index in [1.165, 1.54) is 19.2 Å². The van der Waals surface area contributed by atoms with Crippen LogP contribution in [-0.4, -0.2) is 35.7 Å². The van der Waals surface area contributed by atoms with Gasteiger partial charge < -0.3 is 19.5 Å². The van der Waals surface area contributed by atoms with Crippen molar-refractivity contribution in [3.8, 4) is 11.5 Å². The van der Waals surface area contributed by atoms with Gasteiger partial charge in [-0.25, -0.2) is 9.78 Å². The topological polar surface area (TPSA) is 86.8 Å². The Morgan fingerprint density at radius 1 is 1.31 bits per heavy atom. The van der Waals surface area contributed by atoms with Gasteiger partial charge in [-0.1, -0.05) is 35.3 Å². The Balaban J connectivity index is 1.58. The van der Waals surface area contributed by atoms with E-state index < -0.39 is 24.1 Å². The lowest BCUT2D eigenvalue weighted by Gasteiger charge is -2.25. The number of fused-ring (bicyclic) bond motifs is 1. The molecular weight excluding hydrogens is 383 g/mol. The number of benzene rings is 1. The monoisotopic (exact) mass is 396 g/mol. The van der Waals surface area contributed by atoms with Crippen LogP contribution < -0.4 is 14.8 Å². The molecule has 2 aromatic rings. The van der Waals surface area contributed by atoms with Crippen molar-refractivity contribution in [1.29, 1.82) is 0 Å². The molecule has 136 valence electrons. The lowest BCUT2D eigenvalue weighted by Crippen LogP contribution is -2.41. The minimum absolute atomic E-state index is 0.00520. The van der Waals surface area contributed by atoms with E-state index in [1.807, 2.05) is 0 Å². The lowest BCUT2D eigenvalue weighted by molar-refractivity contribution is -0.162. The van der Waals surface area contributed by atoms with Gasteiger partial charge in [-0.2, -0.15) is 0 Å². The van der Waals surface area contributed by atoms with E-state index in [0.717, 1.165) is 0 Å². The highest BCUT2D eigenvalue weighted by atomic mass is 35.5. The molecule has 0 saturated carbocycles.